The first-order valence-electron chi connectivity index (χ1n) is 11.9. The van der Waals surface area contributed by atoms with E-state index in [1.807, 2.05) is 24.3 Å². The molecule has 190 valence electrons. The van der Waals surface area contributed by atoms with E-state index < -0.39 is 0 Å². The summed E-state index contributed by atoms with van der Waals surface area (Å²) in [6.07, 6.45) is 1.34. The molecule has 2 N–H and O–H groups in total. The van der Waals surface area contributed by atoms with E-state index >= 15 is 0 Å². The Hall–Kier alpha value is -4.18. The summed E-state index contributed by atoms with van der Waals surface area (Å²) in [5, 5.41) is 5.99. The van der Waals surface area contributed by atoms with Crippen LogP contribution >= 0.6 is 11.3 Å². The lowest BCUT2D eigenvalue weighted by molar-refractivity contribution is -0.116. The van der Waals surface area contributed by atoms with Crippen molar-refractivity contribution in [3.63, 3.8) is 0 Å². The smallest absolute Gasteiger partial charge is 0.266 e. The molecule has 0 atom stereocenters. The van der Waals surface area contributed by atoms with Crippen molar-refractivity contribution in [1.29, 1.82) is 0 Å². The van der Waals surface area contributed by atoms with Crippen LogP contribution in [0.25, 0.3) is 10.2 Å². The van der Waals surface area contributed by atoms with Crippen molar-refractivity contribution >= 4 is 44.7 Å². The maximum Gasteiger partial charge on any atom is 0.266 e. The third-order valence-electron chi connectivity index (χ3n) is 6.10. The Kier molecular flexibility index (Phi) is 6.66. The van der Waals surface area contributed by atoms with E-state index in [0.717, 1.165) is 11.3 Å². The van der Waals surface area contributed by atoms with E-state index in [1.165, 1.54) is 16.5 Å². The fourth-order valence-electron chi connectivity index (χ4n) is 4.10. The number of thiophene rings is 1. The maximum atomic E-state index is 13.2. The van der Waals surface area contributed by atoms with Gasteiger partial charge in [0.05, 0.1) is 16.6 Å². The number of hydrogen-bond donors (Lipinski definition) is 2. The SMILES string of the molecule is Cc1c(C(=O)Nc2ccc3c(c2)OCCO3)sc2ncn(CC(=O)Nc3ccc(C(C)C)cc3)c(=O)c12. The van der Waals surface area contributed by atoms with Crippen molar-refractivity contribution in [2.24, 2.45) is 0 Å². The molecular weight excluding hydrogens is 492 g/mol. The fourth-order valence-corrected chi connectivity index (χ4v) is 5.14. The standard InChI is InChI=1S/C27H26N4O5S/c1-15(2)17-4-6-18(7-5-17)29-22(32)13-31-14-28-26-23(27(31)34)16(3)24(37-26)25(33)30-19-8-9-20-21(12-19)36-11-10-35-20/h4-9,12,14-15H,10-11,13H2,1-3H3,(H,29,32)(H,30,33). The third-order valence-corrected chi connectivity index (χ3v) is 7.30. The number of ether oxygens (including phenoxy) is 2. The second-order valence-corrected chi connectivity index (χ2v) is 10.1. The van der Waals surface area contributed by atoms with Crippen LogP contribution in [0.1, 0.15) is 40.6 Å². The minimum atomic E-state index is -0.373. The van der Waals surface area contributed by atoms with Crippen molar-refractivity contribution in [3.8, 4) is 11.5 Å². The van der Waals surface area contributed by atoms with Crippen molar-refractivity contribution in [2.45, 2.75) is 33.2 Å². The van der Waals surface area contributed by atoms with Gasteiger partial charge in [0.2, 0.25) is 5.91 Å². The highest BCUT2D eigenvalue weighted by Gasteiger charge is 2.21. The molecule has 0 saturated carbocycles. The van der Waals surface area contributed by atoms with Gasteiger partial charge in [0.15, 0.2) is 11.5 Å². The molecule has 10 heteroatoms. The summed E-state index contributed by atoms with van der Waals surface area (Å²) >= 11 is 1.14. The molecule has 2 aromatic heterocycles. The van der Waals surface area contributed by atoms with E-state index in [-0.39, 0.29) is 23.9 Å². The van der Waals surface area contributed by atoms with Crippen LogP contribution in [0.4, 0.5) is 11.4 Å². The van der Waals surface area contributed by atoms with E-state index in [4.69, 9.17) is 9.47 Å². The summed E-state index contributed by atoms with van der Waals surface area (Å²) < 4.78 is 12.3. The van der Waals surface area contributed by atoms with Crippen molar-refractivity contribution in [1.82, 2.24) is 9.55 Å². The minimum absolute atomic E-state index is 0.193. The average molecular weight is 519 g/mol. The number of carbonyl (C=O) groups excluding carboxylic acids is 2. The first-order chi connectivity index (χ1) is 17.8. The summed E-state index contributed by atoms with van der Waals surface area (Å²) in [5.74, 6) is 0.888. The number of benzene rings is 2. The van der Waals surface area contributed by atoms with Crippen LogP contribution in [0.15, 0.2) is 53.6 Å². The Labute approximate surface area is 217 Å². The Bertz CT molecular complexity index is 1560. The normalized spacial score (nSPS) is 12.5. The first-order valence-corrected chi connectivity index (χ1v) is 12.7. The molecule has 37 heavy (non-hydrogen) atoms. The Morgan fingerprint density at radius 3 is 2.46 bits per heavy atom. The highest BCUT2D eigenvalue weighted by molar-refractivity contribution is 7.20. The molecule has 0 saturated heterocycles. The quantitative estimate of drug-likeness (QED) is 0.387. The molecule has 2 aromatic carbocycles. The molecule has 0 fully saturated rings. The fraction of sp³-hybridized carbons (Fsp3) is 0.259. The zero-order valence-electron chi connectivity index (χ0n) is 20.7. The number of amides is 2. The van der Waals surface area contributed by atoms with Crippen molar-refractivity contribution in [3.05, 3.63) is 75.1 Å². The van der Waals surface area contributed by atoms with Crippen LogP contribution in [0.5, 0.6) is 11.5 Å². The van der Waals surface area contributed by atoms with Gasteiger partial charge in [0.1, 0.15) is 24.6 Å². The molecule has 0 bridgehead atoms. The van der Waals surface area contributed by atoms with Gasteiger partial charge in [-0.1, -0.05) is 26.0 Å². The van der Waals surface area contributed by atoms with Crippen LogP contribution in [0.3, 0.4) is 0 Å². The lowest BCUT2D eigenvalue weighted by Crippen LogP contribution is -2.28. The highest BCUT2D eigenvalue weighted by atomic mass is 32.1. The molecule has 2 amide bonds. The Balaban J connectivity index is 1.33. The van der Waals surface area contributed by atoms with Crippen molar-refractivity contribution < 1.29 is 19.1 Å². The Morgan fingerprint density at radius 2 is 1.73 bits per heavy atom. The first kappa shape index (κ1) is 24.5. The zero-order chi connectivity index (χ0) is 26.1. The number of carbonyl (C=O) groups is 2. The summed E-state index contributed by atoms with van der Waals surface area (Å²) in [6.45, 7) is 6.65. The van der Waals surface area contributed by atoms with Crippen LogP contribution < -0.4 is 25.7 Å². The number of aromatic nitrogens is 2. The predicted molar refractivity (Wildman–Crippen MR) is 143 cm³/mol. The van der Waals surface area contributed by atoms with Crippen LogP contribution in [-0.2, 0) is 11.3 Å². The van der Waals surface area contributed by atoms with Gasteiger partial charge in [0.25, 0.3) is 11.5 Å². The molecule has 0 radical (unpaired) electrons. The zero-order valence-corrected chi connectivity index (χ0v) is 21.5. The molecule has 1 aliphatic heterocycles. The van der Waals surface area contributed by atoms with Gasteiger partial charge in [0, 0.05) is 17.4 Å². The number of fused-ring (bicyclic) bond motifs is 2. The molecule has 0 spiro atoms. The van der Waals surface area contributed by atoms with Gasteiger partial charge in [-0.25, -0.2) is 4.98 Å². The summed E-state index contributed by atoms with van der Waals surface area (Å²) in [4.78, 5) is 44.0. The van der Waals surface area contributed by atoms with E-state index in [9.17, 15) is 14.4 Å². The van der Waals surface area contributed by atoms with E-state index in [0.29, 0.717) is 62.7 Å². The number of nitrogens with zero attached hydrogens (tertiary/aromatic N) is 2. The van der Waals surface area contributed by atoms with E-state index in [2.05, 4.69) is 29.5 Å². The van der Waals surface area contributed by atoms with E-state index in [1.54, 1.807) is 25.1 Å². The number of rotatable bonds is 6. The van der Waals surface area contributed by atoms with Crippen molar-refractivity contribution in [2.75, 3.05) is 23.8 Å². The van der Waals surface area contributed by atoms with Gasteiger partial charge >= 0.3 is 0 Å². The predicted octanol–water partition coefficient (Wildman–Crippen LogP) is 4.55. The largest absolute Gasteiger partial charge is 0.486 e. The van der Waals surface area contributed by atoms with Gasteiger partial charge < -0.3 is 20.1 Å². The maximum absolute atomic E-state index is 13.2. The lowest BCUT2D eigenvalue weighted by Gasteiger charge is -2.18. The molecule has 9 nitrogen and oxygen atoms in total. The monoisotopic (exact) mass is 518 g/mol. The van der Waals surface area contributed by atoms with Crippen LogP contribution in [0.2, 0.25) is 0 Å². The molecule has 0 aliphatic carbocycles. The molecule has 1 aliphatic rings. The summed E-state index contributed by atoms with van der Waals surface area (Å²) in [7, 11) is 0. The highest BCUT2D eigenvalue weighted by Crippen LogP contribution is 2.33. The molecule has 4 aromatic rings. The third kappa shape index (κ3) is 5.05. The average Bonchev–Trinajstić information content (AvgIpc) is 3.23. The number of nitrogens with one attached hydrogen (secondary N) is 2. The topological polar surface area (TPSA) is 112 Å². The Morgan fingerprint density at radius 1 is 1.03 bits per heavy atom. The molecule has 3 heterocycles. The van der Waals surface area contributed by atoms with Gasteiger partial charge in [-0.3, -0.25) is 19.0 Å². The van der Waals surface area contributed by atoms with Gasteiger partial charge in [-0.05, 0) is 48.2 Å². The van der Waals surface area contributed by atoms with Gasteiger partial charge in [-0.15, -0.1) is 11.3 Å². The van der Waals surface area contributed by atoms with Gasteiger partial charge in [-0.2, -0.15) is 0 Å². The lowest BCUT2D eigenvalue weighted by atomic mass is 10.0. The summed E-state index contributed by atoms with van der Waals surface area (Å²) in [5.41, 5.74) is 2.52. The number of anilines is 2. The minimum Gasteiger partial charge on any atom is -0.486 e. The van der Waals surface area contributed by atoms with Crippen LogP contribution in [-0.4, -0.2) is 34.6 Å². The van der Waals surface area contributed by atoms with Crippen LogP contribution in [0, 0.1) is 6.92 Å². The second kappa shape index (κ2) is 10.1. The molecule has 0 unspecified atom stereocenters. The second-order valence-electron chi connectivity index (χ2n) is 9.05. The number of aryl methyl sites for hydroxylation is 1. The summed E-state index contributed by atoms with van der Waals surface area (Å²) in [6, 6.07) is 12.8. The number of hydrogen-bond acceptors (Lipinski definition) is 7. The molecular formula is C27H26N4O5S. The molecule has 5 rings (SSSR count).